The number of rotatable bonds is 4. The van der Waals surface area contributed by atoms with Crippen molar-refractivity contribution in [3.05, 3.63) is 63.6 Å². The van der Waals surface area contributed by atoms with E-state index in [4.69, 9.17) is 23.2 Å². The number of aliphatic hydroxyl groups excluding tert-OH is 1. The van der Waals surface area contributed by atoms with Crippen LogP contribution in [0.15, 0.2) is 42.5 Å². The molecule has 2 rings (SSSR count). The molecular formula is C16H17Cl2NO. The van der Waals surface area contributed by atoms with Gasteiger partial charge in [0.15, 0.2) is 0 Å². The first-order valence-corrected chi connectivity index (χ1v) is 7.11. The van der Waals surface area contributed by atoms with Crippen LogP contribution in [0.3, 0.4) is 0 Å². The Balaban J connectivity index is 2.35. The fourth-order valence-corrected chi connectivity index (χ4v) is 2.38. The van der Waals surface area contributed by atoms with E-state index in [1.165, 1.54) is 0 Å². The summed E-state index contributed by atoms with van der Waals surface area (Å²) in [5.41, 5.74) is 2.37. The quantitative estimate of drug-likeness (QED) is 0.863. The highest BCUT2D eigenvalue weighted by Gasteiger charge is 2.26. The molecule has 0 spiro atoms. The highest BCUT2D eigenvalue weighted by molar-refractivity contribution is 6.42. The first-order valence-electron chi connectivity index (χ1n) is 6.36. The van der Waals surface area contributed by atoms with Crippen LogP contribution in [0.25, 0.3) is 0 Å². The number of benzene rings is 2. The minimum atomic E-state index is -0.623. The molecule has 4 heteroatoms. The number of aliphatic hydroxyl groups is 1. The van der Waals surface area contributed by atoms with E-state index in [0.717, 1.165) is 16.8 Å². The van der Waals surface area contributed by atoms with Gasteiger partial charge in [-0.25, -0.2) is 0 Å². The van der Waals surface area contributed by atoms with E-state index < -0.39 is 5.54 Å². The SMILES string of the molecule is Cc1cccc(NC(C)(CO)c2ccc(Cl)c(Cl)c2)c1. The summed E-state index contributed by atoms with van der Waals surface area (Å²) in [6, 6.07) is 13.4. The van der Waals surface area contributed by atoms with Gasteiger partial charge in [0.25, 0.3) is 0 Å². The first-order chi connectivity index (χ1) is 9.44. The molecule has 0 bridgehead atoms. The van der Waals surface area contributed by atoms with Crippen LogP contribution in [0.5, 0.6) is 0 Å². The third-order valence-corrected chi connectivity index (χ3v) is 4.05. The van der Waals surface area contributed by atoms with Crippen molar-refractivity contribution in [3.63, 3.8) is 0 Å². The van der Waals surface area contributed by atoms with Gasteiger partial charge in [0.1, 0.15) is 0 Å². The van der Waals surface area contributed by atoms with E-state index in [0.29, 0.717) is 10.0 Å². The largest absolute Gasteiger partial charge is 0.394 e. The second kappa shape index (κ2) is 6.04. The molecule has 0 aromatic heterocycles. The average molecular weight is 310 g/mol. The minimum absolute atomic E-state index is 0.0566. The smallest absolute Gasteiger partial charge is 0.0828 e. The molecule has 0 aliphatic rings. The molecule has 0 heterocycles. The molecule has 106 valence electrons. The summed E-state index contributed by atoms with van der Waals surface area (Å²) in [6.45, 7) is 3.90. The molecule has 2 aromatic carbocycles. The number of aryl methyl sites for hydroxylation is 1. The zero-order valence-corrected chi connectivity index (χ0v) is 13.0. The predicted molar refractivity (Wildman–Crippen MR) is 85.7 cm³/mol. The lowest BCUT2D eigenvalue weighted by Crippen LogP contribution is -2.35. The summed E-state index contributed by atoms with van der Waals surface area (Å²) in [4.78, 5) is 0. The van der Waals surface area contributed by atoms with Gasteiger partial charge in [-0.15, -0.1) is 0 Å². The van der Waals surface area contributed by atoms with Crippen LogP contribution in [0.4, 0.5) is 5.69 Å². The number of anilines is 1. The molecule has 0 saturated heterocycles. The Kier molecular flexibility index (Phi) is 4.59. The summed E-state index contributed by atoms with van der Waals surface area (Å²) in [7, 11) is 0. The molecule has 2 aromatic rings. The average Bonchev–Trinajstić information content (AvgIpc) is 2.41. The summed E-state index contributed by atoms with van der Waals surface area (Å²) in [6.07, 6.45) is 0. The standard InChI is InChI=1S/C16H17Cl2NO/c1-11-4-3-5-13(8-11)19-16(2,10-20)12-6-7-14(17)15(18)9-12/h3-9,19-20H,10H2,1-2H3. The van der Waals surface area contributed by atoms with Crippen LogP contribution in [0.1, 0.15) is 18.1 Å². The highest BCUT2D eigenvalue weighted by Crippen LogP contribution is 2.31. The second-order valence-corrected chi connectivity index (χ2v) is 5.93. The summed E-state index contributed by atoms with van der Waals surface area (Å²) < 4.78 is 0. The Bertz CT molecular complexity index is 615. The molecule has 0 amide bonds. The number of hydrogen-bond acceptors (Lipinski definition) is 2. The number of nitrogens with one attached hydrogen (secondary N) is 1. The van der Waals surface area contributed by atoms with Crippen molar-refractivity contribution in [1.82, 2.24) is 0 Å². The molecule has 0 fully saturated rings. The maximum Gasteiger partial charge on any atom is 0.0828 e. The van der Waals surface area contributed by atoms with Crippen LogP contribution in [-0.4, -0.2) is 11.7 Å². The normalized spacial score (nSPS) is 13.8. The van der Waals surface area contributed by atoms with Gasteiger partial charge in [-0.05, 0) is 49.2 Å². The Morgan fingerprint density at radius 2 is 1.85 bits per heavy atom. The van der Waals surface area contributed by atoms with Gasteiger partial charge >= 0.3 is 0 Å². The lowest BCUT2D eigenvalue weighted by atomic mass is 9.92. The van der Waals surface area contributed by atoms with E-state index >= 15 is 0 Å². The van der Waals surface area contributed by atoms with Crippen molar-refractivity contribution in [2.75, 3.05) is 11.9 Å². The van der Waals surface area contributed by atoms with E-state index in [-0.39, 0.29) is 6.61 Å². The van der Waals surface area contributed by atoms with Crippen LogP contribution in [0.2, 0.25) is 10.0 Å². The topological polar surface area (TPSA) is 32.3 Å². The first kappa shape index (κ1) is 15.2. The fourth-order valence-electron chi connectivity index (χ4n) is 2.08. The molecule has 1 atom stereocenters. The predicted octanol–water partition coefficient (Wildman–Crippen LogP) is 4.62. The van der Waals surface area contributed by atoms with Crippen molar-refractivity contribution < 1.29 is 5.11 Å². The molecule has 0 aliphatic heterocycles. The lowest BCUT2D eigenvalue weighted by Gasteiger charge is -2.31. The highest BCUT2D eigenvalue weighted by atomic mass is 35.5. The van der Waals surface area contributed by atoms with Gasteiger partial charge in [-0.2, -0.15) is 0 Å². The second-order valence-electron chi connectivity index (χ2n) is 5.11. The van der Waals surface area contributed by atoms with Crippen LogP contribution in [-0.2, 0) is 5.54 Å². The molecule has 20 heavy (non-hydrogen) atoms. The van der Waals surface area contributed by atoms with Gasteiger partial charge in [0.2, 0.25) is 0 Å². The van der Waals surface area contributed by atoms with Crippen LogP contribution >= 0.6 is 23.2 Å². The summed E-state index contributed by atoms with van der Waals surface area (Å²) in [5, 5.41) is 14.1. The number of hydrogen-bond donors (Lipinski definition) is 2. The summed E-state index contributed by atoms with van der Waals surface area (Å²) >= 11 is 12.0. The van der Waals surface area contributed by atoms with Crippen molar-refractivity contribution >= 4 is 28.9 Å². The zero-order valence-electron chi connectivity index (χ0n) is 11.5. The lowest BCUT2D eigenvalue weighted by molar-refractivity contribution is 0.224. The summed E-state index contributed by atoms with van der Waals surface area (Å²) in [5.74, 6) is 0. The van der Waals surface area contributed by atoms with Gasteiger partial charge in [-0.1, -0.05) is 41.4 Å². The zero-order chi connectivity index (χ0) is 14.8. The van der Waals surface area contributed by atoms with Crippen molar-refractivity contribution in [2.45, 2.75) is 19.4 Å². The van der Waals surface area contributed by atoms with Crippen molar-refractivity contribution in [1.29, 1.82) is 0 Å². The van der Waals surface area contributed by atoms with Gasteiger partial charge in [-0.3, -0.25) is 0 Å². The number of halogens is 2. The molecule has 0 saturated carbocycles. The van der Waals surface area contributed by atoms with E-state index in [1.807, 2.05) is 44.2 Å². The van der Waals surface area contributed by atoms with Gasteiger partial charge < -0.3 is 10.4 Å². The molecule has 1 unspecified atom stereocenters. The Morgan fingerprint density at radius 3 is 2.45 bits per heavy atom. The third kappa shape index (κ3) is 3.26. The minimum Gasteiger partial charge on any atom is -0.394 e. The van der Waals surface area contributed by atoms with Gasteiger partial charge in [0.05, 0.1) is 22.2 Å². The van der Waals surface area contributed by atoms with E-state index in [9.17, 15) is 5.11 Å². The Hall–Kier alpha value is -1.22. The van der Waals surface area contributed by atoms with Gasteiger partial charge in [0, 0.05) is 5.69 Å². The maximum absolute atomic E-state index is 9.79. The molecule has 0 radical (unpaired) electrons. The van der Waals surface area contributed by atoms with Crippen LogP contribution < -0.4 is 5.32 Å². The van der Waals surface area contributed by atoms with E-state index in [1.54, 1.807) is 12.1 Å². The van der Waals surface area contributed by atoms with Crippen molar-refractivity contribution in [3.8, 4) is 0 Å². The Labute approximate surface area is 129 Å². The third-order valence-electron chi connectivity index (χ3n) is 3.31. The maximum atomic E-state index is 9.79. The fraction of sp³-hybridized carbons (Fsp3) is 0.250. The van der Waals surface area contributed by atoms with Crippen molar-refractivity contribution in [2.24, 2.45) is 0 Å². The molecule has 2 N–H and O–H groups in total. The van der Waals surface area contributed by atoms with Crippen LogP contribution in [0, 0.1) is 6.92 Å². The molecular weight excluding hydrogens is 293 g/mol. The molecule has 2 nitrogen and oxygen atoms in total. The monoisotopic (exact) mass is 309 g/mol. The van der Waals surface area contributed by atoms with E-state index in [2.05, 4.69) is 5.32 Å². The Morgan fingerprint density at radius 1 is 1.10 bits per heavy atom. The molecule has 0 aliphatic carbocycles.